The highest BCUT2D eigenvalue weighted by molar-refractivity contribution is 6.16. The van der Waals surface area contributed by atoms with Crippen LogP contribution in [-0.2, 0) is 0 Å². The highest BCUT2D eigenvalue weighted by atomic mass is 16.5. The SMILES string of the molecule is COc1ccc2c(C(=O)c3ccc(N)cc3)ccnc2c1. The number of pyridine rings is 1. The highest BCUT2D eigenvalue weighted by Crippen LogP contribution is 2.24. The van der Waals surface area contributed by atoms with Gasteiger partial charge in [-0.1, -0.05) is 0 Å². The van der Waals surface area contributed by atoms with E-state index in [0.717, 1.165) is 10.9 Å². The molecular formula is C17H14N2O2. The summed E-state index contributed by atoms with van der Waals surface area (Å²) in [6.45, 7) is 0. The van der Waals surface area contributed by atoms with E-state index in [0.29, 0.717) is 22.6 Å². The van der Waals surface area contributed by atoms with E-state index in [1.165, 1.54) is 0 Å². The molecule has 3 rings (SSSR count). The third-order valence-electron chi connectivity index (χ3n) is 3.37. The average Bonchev–Trinajstić information content (AvgIpc) is 2.53. The minimum absolute atomic E-state index is 0.0485. The Balaban J connectivity index is 2.11. The van der Waals surface area contributed by atoms with Crippen molar-refractivity contribution in [1.82, 2.24) is 4.98 Å². The maximum absolute atomic E-state index is 12.6. The normalized spacial score (nSPS) is 10.5. The van der Waals surface area contributed by atoms with Gasteiger partial charge in [-0.2, -0.15) is 0 Å². The number of nitrogen functional groups attached to an aromatic ring is 1. The number of ketones is 1. The molecule has 1 aromatic heterocycles. The molecule has 0 unspecified atom stereocenters. The van der Waals surface area contributed by atoms with E-state index in [-0.39, 0.29) is 5.78 Å². The minimum atomic E-state index is -0.0485. The summed E-state index contributed by atoms with van der Waals surface area (Å²) in [7, 11) is 1.60. The van der Waals surface area contributed by atoms with Gasteiger partial charge in [0.15, 0.2) is 5.78 Å². The number of carbonyl (C=O) groups excluding carboxylic acids is 1. The Kier molecular flexibility index (Phi) is 3.28. The molecule has 0 aliphatic carbocycles. The highest BCUT2D eigenvalue weighted by Gasteiger charge is 2.13. The van der Waals surface area contributed by atoms with E-state index in [1.807, 2.05) is 18.2 Å². The fourth-order valence-electron chi connectivity index (χ4n) is 2.24. The van der Waals surface area contributed by atoms with Crippen molar-refractivity contribution in [2.45, 2.75) is 0 Å². The van der Waals surface area contributed by atoms with Gasteiger partial charge in [0.25, 0.3) is 0 Å². The third-order valence-corrected chi connectivity index (χ3v) is 3.37. The molecule has 2 aromatic carbocycles. The lowest BCUT2D eigenvalue weighted by Gasteiger charge is -2.07. The summed E-state index contributed by atoms with van der Waals surface area (Å²) in [5.74, 6) is 0.666. The second kappa shape index (κ2) is 5.25. The molecule has 0 amide bonds. The van der Waals surface area contributed by atoms with E-state index < -0.39 is 0 Å². The Morgan fingerprint density at radius 1 is 1.10 bits per heavy atom. The molecule has 0 saturated carbocycles. The smallest absolute Gasteiger partial charge is 0.193 e. The fraction of sp³-hybridized carbons (Fsp3) is 0.0588. The number of carbonyl (C=O) groups is 1. The molecule has 0 radical (unpaired) electrons. The second-order valence-corrected chi connectivity index (χ2v) is 4.69. The molecule has 0 aliphatic heterocycles. The van der Waals surface area contributed by atoms with Crippen molar-refractivity contribution in [1.29, 1.82) is 0 Å². The van der Waals surface area contributed by atoms with E-state index in [9.17, 15) is 4.79 Å². The van der Waals surface area contributed by atoms with Gasteiger partial charge in [-0.05, 0) is 42.5 Å². The van der Waals surface area contributed by atoms with Gasteiger partial charge in [-0.15, -0.1) is 0 Å². The molecule has 0 saturated heterocycles. The van der Waals surface area contributed by atoms with Crippen molar-refractivity contribution in [3.63, 3.8) is 0 Å². The summed E-state index contributed by atoms with van der Waals surface area (Å²) in [4.78, 5) is 16.9. The number of benzene rings is 2. The number of fused-ring (bicyclic) bond motifs is 1. The van der Waals surface area contributed by atoms with Gasteiger partial charge in [-0.25, -0.2) is 0 Å². The largest absolute Gasteiger partial charge is 0.497 e. The Bertz CT molecular complexity index is 811. The van der Waals surface area contributed by atoms with E-state index in [1.54, 1.807) is 43.6 Å². The first-order chi connectivity index (χ1) is 10.2. The van der Waals surface area contributed by atoms with Crippen LogP contribution in [0.15, 0.2) is 54.7 Å². The molecule has 0 bridgehead atoms. The second-order valence-electron chi connectivity index (χ2n) is 4.69. The lowest BCUT2D eigenvalue weighted by atomic mass is 9.99. The maximum Gasteiger partial charge on any atom is 0.193 e. The van der Waals surface area contributed by atoms with Crippen LogP contribution in [-0.4, -0.2) is 17.9 Å². The number of nitrogens with two attached hydrogens (primary N) is 1. The number of hydrogen-bond acceptors (Lipinski definition) is 4. The number of nitrogens with zero attached hydrogens (tertiary/aromatic N) is 1. The van der Waals surface area contributed by atoms with Crippen LogP contribution in [0, 0.1) is 0 Å². The van der Waals surface area contributed by atoms with Crippen LogP contribution in [0.3, 0.4) is 0 Å². The van der Waals surface area contributed by atoms with Gasteiger partial charge in [0.1, 0.15) is 5.75 Å². The number of aromatic nitrogens is 1. The van der Waals surface area contributed by atoms with Crippen molar-refractivity contribution >= 4 is 22.4 Å². The third kappa shape index (κ3) is 2.43. The molecular weight excluding hydrogens is 264 g/mol. The van der Waals surface area contributed by atoms with Crippen LogP contribution in [0.4, 0.5) is 5.69 Å². The first kappa shape index (κ1) is 13.1. The van der Waals surface area contributed by atoms with E-state index >= 15 is 0 Å². The van der Waals surface area contributed by atoms with Crippen LogP contribution in [0.25, 0.3) is 10.9 Å². The Labute approximate surface area is 122 Å². The van der Waals surface area contributed by atoms with Crippen molar-refractivity contribution in [3.8, 4) is 5.75 Å². The summed E-state index contributed by atoms with van der Waals surface area (Å²) < 4.78 is 5.18. The van der Waals surface area contributed by atoms with Crippen molar-refractivity contribution in [2.24, 2.45) is 0 Å². The molecule has 3 aromatic rings. The quantitative estimate of drug-likeness (QED) is 0.590. The van der Waals surface area contributed by atoms with Gasteiger partial charge in [0.05, 0.1) is 12.6 Å². The zero-order valence-corrected chi connectivity index (χ0v) is 11.5. The van der Waals surface area contributed by atoms with Crippen LogP contribution in [0.2, 0.25) is 0 Å². The zero-order valence-electron chi connectivity index (χ0n) is 11.5. The predicted molar refractivity (Wildman–Crippen MR) is 82.6 cm³/mol. The predicted octanol–water partition coefficient (Wildman–Crippen LogP) is 3.06. The molecule has 21 heavy (non-hydrogen) atoms. The molecule has 104 valence electrons. The van der Waals surface area contributed by atoms with Gasteiger partial charge in [0, 0.05) is 34.5 Å². The molecule has 4 nitrogen and oxygen atoms in total. The summed E-state index contributed by atoms with van der Waals surface area (Å²) >= 11 is 0. The van der Waals surface area contributed by atoms with Crippen LogP contribution < -0.4 is 10.5 Å². The summed E-state index contributed by atoms with van der Waals surface area (Å²) in [5.41, 5.74) is 8.24. The topological polar surface area (TPSA) is 65.2 Å². The lowest BCUT2D eigenvalue weighted by molar-refractivity contribution is 0.104. The number of methoxy groups -OCH3 is 1. The van der Waals surface area contributed by atoms with Gasteiger partial charge < -0.3 is 10.5 Å². The zero-order chi connectivity index (χ0) is 14.8. The monoisotopic (exact) mass is 278 g/mol. The first-order valence-electron chi connectivity index (χ1n) is 6.52. The Hall–Kier alpha value is -2.88. The van der Waals surface area contributed by atoms with Gasteiger partial charge in [0.2, 0.25) is 0 Å². The van der Waals surface area contributed by atoms with Crippen molar-refractivity contribution < 1.29 is 9.53 Å². The summed E-state index contributed by atoms with van der Waals surface area (Å²) in [6, 6.07) is 14.1. The van der Waals surface area contributed by atoms with Gasteiger partial charge >= 0.3 is 0 Å². The number of ether oxygens (including phenoxy) is 1. The maximum atomic E-state index is 12.6. The van der Waals surface area contributed by atoms with E-state index in [4.69, 9.17) is 10.5 Å². The first-order valence-corrected chi connectivity index (χ1v) is 6.52. The molecule has 0 atom stereocenters. The number of anilines is 1. The molecule has 0 fully saturated rings. The molecule has 4 heteroatoms. The van der Waals surface area contributed by atoms with Crippen molar-refractivity contribution in [3.05, 3.63) is 65.9 Å². The summed E-state index contributed by atoms with van der Waals surface area (Å²) in [5, 5.41) is 0.806. The summed E-state index contributed by atoms with van der Waals surface area (Å²) in [6.07, 6.45) is 1.63. The van der Waals surface area contributed by atoms with Crippen LogP contribution >= 0.6 is 0 Å². The van der Waals surface area contributed by atoms with Gasteiger partial charge in [-0.3, -0.25) is 9.78 Å². The molecule has 0 aliphatic rings. The Morgan fingerprint density at radius 2 is 1.86 bits per heavy atom. The number of rotatable bonds is 3. The molecule has 2 N–H and O–H groups in total. The fourth-order valence-corrected chi connectivity index (χ4v) is 2.24. The standard InChI is InChI=1S/C17H14N2O2/c1-21-13-6-7-14-15(8-9-19-16(14)10-13)17(20)11-2-4-12(18)5-3-11/h2-10H,18H2,1H3. The average molecular weight is 278 g/mol. The lowest BCUT2D eigenvalue weighted by Crippen LogP contribution is -2.03. The molecule has 0 spiro atoms. The molecule has 1 heterocycles. The Morgan fingerprint density at radius 3 is 2.57 bits per heavy atom. The van der Waals surface area contributed by atoms with Crippen LogP contribution in [0.1, 0.15) is 15.9 Å². The minimum Gasteiger partial charge on any atom is -0.497 e. The number of hydrogen-bond donors (Lipinski definition) is 1. The van der Waals surface area contributed by atoms with Crippen molar-refractivity contribution in [2.75, 3.05) is 12.8 Å². The van der Waals surface area contributed by atoms with E-state index in [2.05, 4.69) is 4.98 Å². The van der Waals surface area contributed by atoms with Crippen LogP contribution in [0.5, 0.6) is 5.75 Å².